The Morgan fingerprint density at radius 1 is 1.31 bits per heavy atom. The van der Waals surface area contributed by atoms with E-state index in [4.69, 9.17) is 4.99 Å². The summed E-state index contributed by atoms with van der Waals surface area (Å²) in [6.07, 6.45) is 6.10. The summed E-state index contributed by atoms with van der Waals surface area (Å²) in [5.74, 6) is 1.50. The Kier molecular flexibility index (Phi) is 12.1. The van der Waals surface area contributed by atoms with Crippen molar-refractivity contribution >= 4 is 35.6 Å². The number of piperidine rings is 1. The first kappa shape index (κ1) is 25.6. The summed E-state index contributed by atoms with van der Waals surface area (Å²) in [4.78, 5) is 17.4. The molecule has 1 aromatic rings. The van der Waals surface area contributed by atoms with E-state index >= 15 is 0 Å². The first-order valence-electron chi connectivity index (χ1n) is 10.5. The average Bonchev–Trinajstić information content (AvgIpc) is 2.71. The third-order valence-electron chi connectivity index (χ3n) is 5.41. The highest BCUT2D eigenvalue weighted by molar-refractivity contribution is 14.0. The van der Waals surface area contributed by atoms with Gasteiger partial charge in [-0.05, 0) is 30.7 Å². The molecule has 1 fully saturated rings. The SMILES string of the molecule is CCCCC(CC)CNC(=NCc1ccc([N+](=O)[O-])cc1)N1CCC(O)CC1.I. The third-order valence-corrected chi connectivity index (χ3v) is 5.41. The molecule has 1 saturated heterocycles. The maximum absolute atomic E-state index is 10.8. The van der Waals surface area contributed by atoms with Crippen LogP contribution in [0.25, 0.3) is 0 Å². The van der Waals surface area contributed by atoms with Crippen molar-refractivity contribution in [1.82, 2.24) is 10.2 Å². The van der Waals surface area contributed by atoms with Crippen LogP contribution >= 0.6 is 24.0 Å². The van der Waals surface area contributed by atoms with Crippen LogP contribution in [0.1, 0.15) is 57.9 Å². The molecule has 0 bridgehead atoms. The zero-order valence-corrected chi connectivity index (χ0v) is 19.9. The topological polar surface area (TPSA) is 91.0 Å². The minimum Gasteiger partial charge on any atom is -0.393 e. The van der Waals surface area contributed by atoms with Gasteiger partial charge in [0.15, 0.2) is 5.96 Å². The van der Waals surface area contributed by atoms with Crippen LogP contribution < -0.4 is 5.32 Å². The predicted molar refractivity (Wildman–Crippen MR) is 128 cm³/mol. The number of hydrogen-bond donors (Lipinski definition) is 2. The van der Waals surface area contributed by atoms with Gasteiger partial charge in [0, 0.05) is 31.8 Å². The van der Waals surface area contributed by atoms with Crippen molar-refractivity contribution < 1.29 is 10.0 Å². The lowest BCUT2D eigenvalue weighted by atomic mass is 9.99. The van der Waals surface area contributed by atoms with Gasteiger partial charge in [-0.25, -0.2) is 4.99 Å². The van der Waals surface area contributed by atoms with E-state index in [1.54, 1.807) is 12.1 Å². The van der Waals surface area contributed by atoms with Gasteiger partial charge in [0.2, 0.25) is 0 Å². The lowest BCUT2D eigenvalue weighted by molar-refractivity contribution is -0.384. The average molecular weight is 518 g/mol. The molecule has 2 rings (SSSR count). The number of aliphatic hydroxyl groups excluding tert-OH is 1. The van der Waals surface area contributed by atoms with E-state index in [2.05, 4.69) is 24.1 Å². The predicted octanol–water partition coefficient (Wildman–Crippen LogP) is 4.33. The number of aliphatic hydroxyl groups is 1. The van der Waals surface area contributed by atoms with Crippen molar-refractivity contribution in [3.63, 3.8) is 0 Å². The van der Waals surface area contributed by atoms with E-state index in [1.165, 1.54) is 31.4 Å². The summed E-state index contributed by atoms with van der Waals surface area (Å²) in [7, 11) is 0. The minimum atomic E-state index is -0.389. The van der Waals surface area contributed by atoms with Crippen LogP contribution in [-0.4, -0.2) is 46.6 Å². The van der Waals surface area contributed by atoms with Gasteiger partial charge in [-0.1, -0.05) is 45.2 Å². The Balaban J connectivity index is 0.00000420. The van der Waals surface area contributed by atoms with Crippen molar-refractivity contribution in [3.05, 3.63) is 39.9 Å². The number of nitrogens with zero attached hydrogens (tertiary/aromatic N) is 3. The number of nitro benzene ring substituents is 1. The van der Waals surface area contributed by atoms with Crippen LogP contribution in [0.3, 0.4) is 0 Å². The van der Waals surface area contributed by atoms with Gasteiger partial charge in [0.1, 0.15) is 0 Å². The number of halogens is 1. The zero-order chi connectivity index (χ0) is 20.4. The molecule has 0 aromatic heterocycles. The number of nitro groups is 1. The van der Waals surface area contributed by atoms with E-state index < -0.39 is 0 Å². The van der Waals surface area contributed by atoms with E-state index in [9.17, 15) is 15.2 Å². The fraction of sp³-hybridized carbons (Fsp3) is 0.667. The minimum absolute atomic E-state index is 0. The standard InChI is InChI=1S/C21H34N4O3.HI/c1-3-5-6-17(4-2)15-22-21(24-13-11-20(26)12-14-24)23-16-18-7-9-19(10-8-18)25(27)28;/h7-10,17,20,26H,3-6,11-16H2,1-2H3,(H,22,23);1H. The van der Waals surface area contributed by atoms with E-state index in [-0.39, 0.29) is 40.7 Å². The summed E-state index contributed by atoms with van der Waals surface area (Å²) in [6.45, 7) is 7.40. The van der Waals surface area contributed by atoms with Gasteiger partial charge in [0.25, 0.3) is 5.69 Å². The fourth-order valence-corrected chi connectivity index (χ4v) is 3.41. The molecule has 0 aliphatic carbocycles. The van der Waals surface area contributed by atoms with Gasteiger partial charge in [-0.15, -0.1) is 24.0 Å². The van der Waals surface area contributed by atoms with Gasteiger partial charge in [-0.3, -0.25) is 10.1 Å². The van der Waals surface area contributed by atoms with Crippen LogP contribution in [0, 0.1) is 16.0 Å². The molecule has 1 aliphatic heterocycles. The van der Waals surface area contributed by atoms with E-state index in [1.807, 2.05) is 0 Å². The van der Waals surface area contributed by atoms with Gasteiger partial charge in [0.05, 0.1) is 17.6 Å². The number of nitrogens with one attached hydrogen (secondary N) is 1. The molecule has 1 aliphatic rings. The van der Waals surface area contributed by atoms with Crippen LogP contribution in [0.15, 0.2) is 29.3 Å². The quantitative estimate of drug-likeness (QED) is 0.167. The highest BCUT2D eigenvalue weighted by Crippen LogP contribution is 2.15. The number of aliphatic imine (C=N–C) groups is 1. The number of likely N-dealkylation sites (tertiary alicyclic amines) is 1. The normalized spacial score (nSPS) is 16.2. The number of non-ortho nitro benzene ring substituents is 1. The largest absolute Gasteiger partial charge is 0.393 e. The first-order valence-corrected chi connectivity index (χ1v) is 10.5. The van der Waals surface area contributed by atoms with Crippen molar-refractivity contribution in [3.8, 4) is 0 Å². The molecule has 1 unspecified atom stereocenters. The highest BCUT2D eigenvalue weighted by Gasteiger charge is 2.20. The Hall–Kier alpha value is -1.42. The second kappa shape index (κ2) is 13.7. The molecule has 0 radical (unpaired) electrons. The maximum Gasteiger partial charge on any atom is 0.269 e. The van der Waals surface area contributed by atoms with Crippen molar-refractivity contribution in [2.75, 3.05) is 19.6 Å². The van der Waals surface area contributed by atoms with Crippen LogP contribution in [0.2, 0.25) is 0 Å². The molecule has 0 saturated carbocycles. The van der Waals surface area contributed by atoms with E-state index in [0.29, 0.717) is 12.5 Å². The molecule has 1 atom stereocenters. The molecular formula is C21H35IN4O3. The zero-order valence-electron chi connectivity index (χ0n) is 17.5. The second-order valence-electron chi connectivity index (χ2n) is 7.58. The second-order valence-corrected chi connectivity index (χ2v) is 7.58. The molecule has 8 heteroatoms. The number of rotatable bonds is 9. The first-order chi connectivity index (χ1) is 13.5. The number of unbranched alkanes of at least 4 members (excludes halogenated alkanes) is 1. The van der Waals surface area contributed by atoms with Gasteiger partial charge in [-0.2, -0.15) is 0 Å². The Labute approximate surface area is 191 Å². The molecule has 0 amide bonds. The maximum atomic E-state index is 10.8. The summed E-state index contributed by atoms with van der Waals surface area (Å²) < 4.78 is 0. The number of guanidine groups is 1. The molecule has 7 nitrogen and oxygen atoms in total. The Morgan fingerprint density at radius 2 is 1.97 bits per heavy atom. The van der Waals surface area contributed by atoms with Crippen LogP contribution in [0.5, 0.6) is 0 Å². The Bertz CT molecular complexity index is 631. The molecule has 164 valence electrons. The molecule has 1 heterocycles. The van der Waals surface area contributed by atoms with Crippen LogP contribution in [0.4, 0.5) is 5.69 Å². The monoisotopic (exact) mass is 518 g/mol. The summed E-state index contributed by atoms with van der Waals surface area (Å²) in [5, 5.41) is 24.2. The summed E-state index contributed by atoms with van der Waals surface area (Å²) in [6, 6.07) is 6.56. The van der Waals surface area contributed by atoms with Gasteiger partial charge >= 0.3 is 0 Å². The van der Waals surface area contributed by atoms with Crippen molar-refractivity contribution in [1.29, 1.82) is 0 Å². The lowest BCUT2D eigenvalue weighted by Crippen LogP contribution is -2.47. The molecule has 29 heavy (non-hydrogen) atoms. The molecule has 2 N–H and O–H groups in total. The number of benzene rings is 1. The van der Waals surface area contributed by atoms with Crippen molar-refractivity contribution in [2.45, 2.75) is 65.0 Å². The smallest absolute Gasteiger partial charge is 0.269 e. The highest BCUT2D eigenvalue weighted by atomic mass is 127. The molecular weight excluding hydrogens is 483 g/mol. The summed E-state index contributed by atoms with van der Waals surface area (Å²) >= 11 is 0. The van der Waals surface area contributed by atoms with Gasteiger partial charge < -0.3 is 15.3 Å². The lowest BCUT2D eigenvalue weighted by Gasteiger charge is -2.33. The third kappa shape index (κ3) is 8.86. The van der Waals surface area contributed by atoms with Crippen LogP contribution in [-0.2, 0) is 6.54 Å². The van der Waals surface area contributed by atoms with Crippen molar-refractivity contribution in [2.24, 2.45) is 10.9 Å². The molecule has 1 aromatic carbocycles. The summed E-state index contributed by atoms with van der Waals surface area (Å²) in [5.41, 5.74) is 1.04. The Morgan fingerprint density at radius 3 is 2.52 bits per heavy atom. The fourth-order valence-electron chi connectivity index (χ4n) is 3.41. The van der Waals surface area contributed by atoms with E-state index in [0.717, 1.165) is 50.4 Å². The molecule has 0 spiro atoms. The number of hydrogen-bond acceptors (Lipinski definition) is 4.